The standard InChI is InChI=1S/C11H7NSSe2/c1-3-9(14-5-1)8-7-12-11(13-8)10-4-2-6-15-10/h1-7H. The van der Waals surface area contributed by atoms with Crippen molar-refractivity contribution in [2.24, 2.45) is 0 Å². The molecule has 0 radical (unpaired) electrons. The molecule has 1 nitrogen and oxygen atoms in total. The molecule has 3 aromatic heterocycles. The molecule has 0 aliphatic carbocycles. The molecule has 0 amide bonds. The van der Waals surface area contributed by atoms with Crippen LogP contribution >= 0.6 is 11.3 Å². The van der Waals surface area contributed by atoms with Crippen LogP contribution in [0.2, 0.25) is 0 Å². The minimum atomic E-state index is 0.503. The van der Waals surface area contributed by atoms with Crippen LogP contribution in [-0.4, -0.2) is 34.0 Å². The van der Waals surface area contributed by atoms with Crippen LogP contribution in [0.1, 0.15) is 0 Å². The summed E-state index contributed by atoms with van der Waals surface area (Å²) in [5, 5.41) is 1.21. The van der Waals surface area contributed by atoms with Crippen molar-refractivity contribution in [3.05, 3.63) is 40.3 Å². The predicted octanol–water partition coefficient (Wildman–Crippen LogP) is 2.59. The van der Waals surface area contributed by atoms with Crippen molar-refractivity contribution in [3.8, 4) is 18.8 Å². The molecule has 3 aromatic rings. The fraction of sp³-hybridized carbons (Fsp3) is 0. The Hall–Kier alpha value is -0.371. The third-order valence-corrected chi connectivity index (χ3v) is 7.38. The van der Waals surface area contributed by atoms with E-state index in [0.29, 0.717) is 29.0 Å². The summed E-state index contributed by atoms with van der Waals surface area (Å²) < 4.78 is 2.88. The van der Waals surface area contributed by atoms with Gasteiger partial charge in [0.1, 0.15) is 0 Å². The van der Waals surface area contributed by atoms with Gasteiger partial charge in [-0.05, 0) is 0 Å². The first-order chi connectivity index (χ1) is 7.43. The van der Waals surface area contributed by atoms with E-state index in [1.807, 2.05) is 17.5 Å². The molecule has 0 N–H and O–H groups in total. The van der Waals surface area contributed by atoms with Gasteiger partial charge in [0, 0.05) is 0 Å². The Labute approximate surface area is 104 Å². The van der Waals surface area contributed by atoms with E-state index in [1.165, 1.54) is 18.8 Å². The molecule has 74 valence electrons. The van der Waals surface area contributed by atoms with Crippen molar-refractivity contribution < 1.29 is 0 Å². The predicted molar refractivity (Wildman–Crippen MR) is 66.9 cm³/mol. The van der Waals surface area contributed by atoms with E-state index in [-0.39, 0.29) is 0 Å². The third kappa shape index (κ3) is 1.96. The summed E-state index contributed by atoms with van der Waals surface area (Å²) in [7, 11) is 0. The van der Waals surface area contributed by atoms with Gasteiger partial charge in [-0.3, -0.25) is 0 Å². The first-order valence-electron chi connectivity index (χ1n) is 4.47. The second kappa shape index (κ2) is 4.24. The van der Waals surface area contributed by atoms with Crippen LogP contribution in [-0.2, 0) is 0 Å². The monoisotopic (exact) mass is 345 g/mol. The van der Waals surface area contributed by atoms with Crippen molar-refractivity contribution >= 4 is 40.3 Å². The number of hydrogen-bond acceptors (Lipinski definition) is 2. The number of rotatable bonds is 2. The fourth-order valence-electron chi connectivity index (χ4n) is 1.32. The summed E-state index contributed by atoms with van der Waals surface area (Å²) in [5.41, 5.74) is 0. The second-order valence-corrected chi connectivity index (χ2v) is 7.99. The van der Waals surface area contributed by atoms with Gasteiger partial charge in [0.15, 0.2) is 0 Å². The van der Waals surface area contributed by atoms with Crippen molar-refractivity contribution in [2.45, 2.75) is 0 Å². The molecule has 0 atom stereocenters. The fourth-order valence-corrected chi connectivity index (χ4v) is 5.71. The van der Waals surface area contributed by atoms with Crippen molar-refractivity contribution in [3.63, 3.8) is 0 Å². The number of aromatic nitrogens is 1. The van der Waals surface area contributed by atoms with E-state index in [9.17, 15) is 0 Å². The summed E-state index contributed by atoms with van der Waals surface area (Å²) >= 11 is 2.86. The van der Waals surface area contributed by atoms with Gasteiger partial charge < -0.3 is 0 Å². The molecule has 4 heteroatoms. The zero-order valence-electron chi connectivity index (χ0n) is 7.71. The summed E-state index contributed by atoms with van der Waals surface area (Å²) in [6, 6.07) is 8.69. The van der Waals surface area contributed by atoms with Crippen LogP contribution in [0.25, 0.3) is 18.8 Å². The van der Waals surface area contributed by atoms with Gasteiger partial charge in [0.05, 0.1) is 0 Å². The zero-order valence-corrected chi connectivity index (χ0v) is 12.0. The summed E-state index contributed by atoms with van der Waals surface area (Å²) in [6.07, 6.45) is 2.02. The van der Waals surface area contributed by atoms with E-state index in [0.717, 1.165) is 0 Å². The second-order valence-electron chi connectivity index (χ2n) is 2.98. The molecule has 3 rings (SSSR count). The van der Waals surface area contributed by atoms with Crippen LogP contribution < -0.4 is 0 Å². The topological polar surface area (TPSA) is 12.9 Å². The normalized spacial score (nSPS) is 10.7. The van der Waals surface area contributed by atoms with E-state index in [2.05, 4.69) is 39.1 Å². The molecule has 0 bridgehead atoms. The molecule has 0 saturated carbocycles. The van der Waals surface area contributed by atoms with Gasteiger partial charge in [-0.25, -0.2) is 0 Å². The minimum absolute atomic E-state index is 0.503. The van der Waals surface area contributed by atoms with Crippen molar-refractivity contribution in [1.82, 2.24) is 4.98 Å². The quantitative estimate of drug-likeness (QED) is 0.652. The Morgan fingerprint density at radius 3 is 2.40 bits per heavy atom. The number of thiazole rings is 1. The van der Waals surface area contributed by atoms with Crippen molar-refractivity contribution in [2.75, 3.05) is 0 Å². The molecule has 0 spiro atoms. The Balaban J connectivity index is 2.02. The molecular weight excluding hydrogens is 336 g/mol. The van der Waals surface area contributed by atoms with Gasteiger partial charge in [-0.1, -0.05) is 0 Å². The number of nitrogens with zero attached hydrogens (tertiary/aromatic N) is 1. The Bertz CT molecular complexity index is 488. The average molecular weight is 343 g/mol. The maximum atomic E-state index is 4.51. The van der Waals surface area contributed by atoms with Crippen LogP contribution in [0, 0.1) is 0 Å². The summed E-state index contributed by atoms with van der Waals surface area (Å²) in [5.74, 6) is 0. The molecule has 15 heavy (non-hydrogen) atoms. The van der Waals surface area contributed by atoms with Gasteiger partial charge >= 0.3 is 104 Å². The Morgan fingerprint density at radius 1 is 1.00 bits per heavy atom. The molecule has 0 aromatic carbocycles. The SMILES string of the molecule is c1c[se]c(-c2cnc(-c3ccc[se]3)s2)c1. The van der Waals surface area contributed by atoms with Gasteiger partial charge in [0.2, 0.25) is 0 Å². The molecule has 0 aliphatic heterocycles. The van der Waals surface area contributed by atoms with Gasteiger partial charge in [-0.15, -0.1) is 0 Å². The summed E-state index contributed by atoms with van der Waals surface area (Å²) in [6.45, 7) is 0. The molecule has 3 heterocycles. The first-order valence-corrected chi connectivity index (χ1v) is 8.98. The van der Waals surface area contributed by atoms with Crippen LogP contribution in [0.5, 0.6) is 0 Å². The van der Waals surface area contributed by atoms with Crippen LogP contribution in [0.15, 0.2) is 40.3 Å². The molecule has 0 unspecified atom stereocenters. The molecule has 0 saturated heterocycles. The molecule has 0 fully saturated rings. The maximum absolute atomic E-state index is 4.51. The first kappa shape index (κ1) is 9.83. The van der Waals surface area contributed by atoms with E-state index < -0.39 is 0 Å². The van der Waals surface area contributed by atoms with E-state index in [1.54, 1.807) is 0 Å². The average Bonchev–Trinajstić information content (AvgIpc) is 3.02. The Kier molecular flexibility index (Phi) is 2.78. The zero-order chi connectivity index (χ0) is 10.1. The molecular formula is C11H7NSSe2. The van der Waals surface area contributed by atoms with Crippen LogP contribution in [0.4, 0.5) is 0 Å². The summed E-state index contributed by atoms with van der Waals surface area (Å²) in [4.78, 5) is 10.3. The van der Waals surface area contributed by atoms with E-state index >= 15 is 0 Å². The van der Waals surface area contributed by atoms with Crippen LogP contribution in [0.3, 0.4) is 0 Å². The molecule has 0 aliphatic rings. The third-order valence-electron chi connectivity index (χ3n) is 2.00. The van der Waals surface area contributed by atoms with Gasteiger partial charge in [-0.2, -0.15) is 0 Å². The van der Waals surface area contributed by atoms with E-state index in [4.69, 9.17) is 0 Å². The van der Waals surface area contributed by atoms with Crippen molar-refractivity contribution in [1.29, 1.82) is 0 Å². The van der Waals surface area contributed by atoms with Gasteiger partial charge in [0.25, 0.3) is 0 Å². The Morgan fingerprint density at radius 2 is 1.73 bits per heavy atom. The number of hydrogen-bond donors (Lipinski definition) is 0.